The third kappa shape index (κ3) is 4.10. The minimum absolute atomic E-state index is 0.324. The molecule has 1 aliphatic rings. The molecule has 1 rings (SSSR count). The zero-order valence-electron chi connectivity index (χ0n) is 9.05. The molecule has 0 radical (unpaired) electrons. The molecule has 0 amide bonds. The molecular formula is C11H22O2. The van der Waals surface area contributed by atoms with Crippen LogP contribution in [0.4, 0.5) is 0 Å². The van der Waals surface area contributed by atoms with E-state index in [0.29, 0.717) is 18.1 Å². The molecule has 1 saturated carbocycles. The van der Waals surface area contributed by atoms with Gasteiger partial charge < -0.3 is 9.84 Å². The highest BCUT2D eigenvalue weighted by molar-refractivity contribution is 4.78. The van der Waals surface area contributed by atoms with E-state index in [2.05, 4.69) is 13.8 Å². The third-order valence-electron chi connectivity index (χ3n) is 2.86. The smallest absolute Gasteiger partial charge is 0.0745 e. The largest absolute Gasteiger partial charge is 0.391 e. The molecule has 1 fully saturated rings. The van der Waals surface area contributed by atoms with Crippen LogP contribution >= 0.6 is 0 Å². The van der Waals surface area contributed by atoms with Gasteiger partial charge in [-0.1, -0.05) is 13.8 Å². The van der Waals surface area contributed by atoms with Crippen LogP contribution in [0.2, 0.25) is 0 Å². The molecule has 0 bridgehead atoms. The van der Waals surface area contributed by atoms with E-state index in [1.165, 1.54) is 12.8 Å². The van der Waals surface area contributed by atoms with Gasteiger partial charge in [-0.05, 0) is 38.0 Å². The molecular weight excluding hydrogens is 164 g/mol. The first-order valence-corrected chi connectivity index (χ1v) is 5.29. The summed E-state index contributed by atoms with van der Waals surface area (Å²) >= 11 is 0. The van der Waals surface area contributed by atoms with Crippen molar-refractivity contribution in [2.75, 3.05) is 6.61 Å². The first kappa shape index (κ1) is 11.0. The van der Waals surface area contributed by atoms with E-state index in [9.17, 15) is 0 Å². The fraction of sp³-hybridized carbons (Fsp3) is 1.00. The number of aliphatic hydroxyl groups is 1. The summed E-state index contributed by atoms with van der Waals surface area (Å²) in [7, 11) is 0. The highest BCUT2D eigenvalue weighted by atomic mass is 16.5. The molecule has 2 nitrogen and oxygen atoms in total. The molecule has 0 aromatic heterocycles. The normalized spacial score (nSPS) is 25.8. The van der Waals surface area contributed by atoms with Crippen LogP contribution < -0.4 is 0 Å². The second-order valence-corrected chi connectivity index (χ2v) is 5.05. The predicted octanol–water partition coefficient (Wildman–Crippen LogP) is 2.35. The SMILES string of the molecule is C[C@H](O)COC1CCC(C)(C)CC1. The fourth-order valence-electron chi connectivity index (χ4n) is 1.81. The van der Waals surface area contributed by atoms with E-state index in [4.69, 9.17) is 9.84 Å². The van der Waals surface area contributed by atoms with Gasteiger partial charge in [-0.15, -0.1) is 0 Å². The van der Waals surface area contributed by atoms with Crippen LogP contribution in [0.25, 0.3) is 0 Å². The lowest BCUT2D eigenvalue weighted by atomic mass is 9.76. The maximum Gasteiger partial charge on any atom is 0.0745 e. The number of hydrogen-bond donors (Lipinski definition) is 1. The lowest BCUT2D eigenvalue weighted by Crippen LogP contribution is -2.28. The molecule has 78 valence electrons. The van der Waals surface area contributed by atoms with Gasteiger partial charge in [0.05, 0.1) is 18.8 Å². The quantitative estimate of drug-likeness (QED) is 0.733. The van der Waals surface area contributed by atoms with Crippen molar-refractivity contribution in [1.82, 2.24) is 0 Å². The maximum absolute atomic E-state index is 9.06. The molecule has 0 aromatic carbocycles. The van der Waals surface area contributed by atoms with Gasteiger partial charge in [0.1, 0.15) is 0 Å². The summed E-state index contributed by atoms with van der Waals surface area (Å²) in [5.41, 5.74) is 0.505. The molecule has 0 aliphatic heterocycles. The van der Waals surface area contributed by atoms with Gasteiger partial charge in [-0.3, -0.25) is 0 Å². The molecule has 1 N–H and O–H groups in total. The molecule has 0 saturated heterocycles. The highest BCUT2D eigenvalue weighted by Gasteiger charge is 2.27. The summed E-state index contributed by atoms with van der Waals surface area (Å²) in [6.07, 6.45) is 4.87. The van der Waals surface area contributed by atoms with E-state index < -0.39 is 0 Å². The number of rotatable bonds is 3. The topological polar surface area (TPSA) is 29.5 Å². The second-order valence-electron chi connectivity index (χ2n) is 5.05. The molecule has 1 aliphatic carbocycles. The summed E-state index contributed by atoms with van der Waals surface area (Å²) < 4.78 is 5.59. The molecule has 1 atom stereocenters. The summed E-state index contributed by atoms with van der Waals surface area (Å²) in [5.74, 6) is 0. The van der Waals surface area contributed by atoms with Crippen LogP contribution in [0.15, 0.2) is 0 Å². The summed E-state index contributed by atoms with van der Waals surface area (Å²) in [6, 6.07) is 0. The average molecular weight is 186 g/mol. The Labute approximate surface area is 81.3 Å². The molecule has 0 heterocycles. The molecule has 2 heteroatoms. The molecule has 13 heavy (non-hydrogen) atoms. The van der Waals surface area contributed by atoms with Crippen molar-refractivity contribution in [1.29, 1.82) is 0 Å². The maximum atomic E-state index is 9.06. The Kier molecular flexibility index (Phi) is 3.74. The Morgan fingerprint density at radius 3 is 2.38 bits per heavy atom. The van der Waals surface area contributed by atoms with Gasteiger partial charge in [-0.25, -0.2) is 0 Å². The van der Waals surface area contributed by atoms with E-state index in [1.54, 1.807) is 6.92 Å². The van der Waals surface area contributed by atoms with Crippen LogP contribution in [0.3, 0.4) is 0 Å². The van der Waals surface area contributed by atoms with Gasteiger partial charge in [0.2, 0.25) is 0 Å². The Morgan fingerprint density at radius 1 is 1.38 bits per heavy atom. The lowest BCUT2D eigenvalue weighted by Gasteiger charge is -2.34. The standard InChI is InChI=1S/C11H22O2/c1-9(12)8-13-10-4-6-11(2,3)7-5-10/h9-10,12H,4-8H2,1-3H3/t9-/m0/s1. The molecule has 0 unspecified atom stereocenters. The zero-order chi connectivity index (χ0) is 9.90. The van der Waals surface area contributed by atoms with Crippen molar-refractivity contribution in [3.05, 3.63) is 0 Å². The second kappa shape index (κ2) is 4.43. The van der Waals surface area contributed by atoms with Gasteiger partial charge in [0.15, 0.2) is 0 Å². The monoisotopic (exact) mass is 186 g/mol. The van der Waals surface area contributed by atoms with Gasteiger partial charge in [0.25, 0.3) is 0 Å². The van der Waals surface area contributed by atoms with E-state index >= 15 is 0 Å². The molecule has 0 spiro atoms. The van der Waals surface area contributed by atoms with Crippen molar-refractivity contribution in [2.45, 2.75) is 58.7 Å². The molecule has 0 aromatic rings. The average Bonchev–Trinajstić information content (AvgIpc) is 2.02. The van der Waals surface area contributed by atoms with Crippen molar-refractivity contribution in [2.24, 2.45) is 5.41 Å². The highest BCUT2D eigenvalue weighted by Crippen LogP contribution is 2.36. The number of hydrogen-bond acceptors (Lipinski definition) is 2. The summed E-state index contributed by atoms with van der Waals surface area (Å²) in [5, 5.41) is 9.06. The first-order chi connectivity index (χ1) is 5.99. The predicted molar refractivity (Wildman–Crippen MR) is 53.7 cm³/mol. The van der Waals surface area contributed by atoms with E-state index in [-0.39, 0.29) is 6.10 Å². The zero-order valence-corrected chi connectivity index (χ0v) is 9.05. The number of aliphatic hydroxyl groups excluding tert-OH is 1. The van der Waals surface area contributed by atoms with E-state index in [0.717, 1.165) is 12.8 Å². The van der Waals surface area contributed by atoms with Crippen LogP contribution in [-0.4, -0.2) is 23.9 Å². The Balaban J connectivity index is 2.18. The Hall–Kier alpha value is -0.0800. The third-order valence-corrected chi connectivity index (χ3v) is 2.86. The van der Waals surface area contributed by atoms with Crippen molar-refractivity contribution < 1.29 is 9.84 Å². The van der Waals surface area contributed by atoms with Crippen molar-refractivity contribution >= 4 is 0 Å². The van der Waals surface area contributed by atoms with Crippen molar-refractivity contribution in [3.63, 3.8) is 0 Å². The first-order valence-electron chi connectivity index (χ1n) is 5.29. The summed E-state index contributed by atoms with van der Waals surface area (Å²) in [6.45, 7) is 6.90. The van der Waals surface area contributed by atoms with Gasteiger partial charge >= 0.3 is 0 Å². The van der Waals surface area contributed by atoms with Crippen molar-refractivity contribution in [3.8, 4) is 0 Å². The Morgan fingerprint density at radius 2 is 1.92 bits per heavy atom. The van der Waals surface area contributed by atoms with E-state index in [1.807, 2.05) is 0 Å². The minimum Gasteiger partial charge on any atom is -0.391 e. The lowest BCUT2D eigenvalue weighted by molar-refractivity contribution is -0.0323. The summed E-state index contributed by atoms with van der Waals surface area (Å²) in [4.78, 5) is 0. The van der Waals surface area contributed by atoms with Gasteiger partial charge in [-0.2, -0.15) is 0 Å². The van der Waals surface area contributed by atoms with Crippen LogP contribution in [0.5, 0.6) is 0 Å². The fourth-order valence-corrected chi connectivity index (χ4v) is 1.81. The number of ether oxygens (including phenoxy) is 1. The van der Waals surface area contributed by atoms with Gasteiger partial charge in [0, 0.05) is 0 Å². The van der Waals surface area contributed by atoms with Crippen LogP contribution in [0.1, 0.15) is 46.5 Å². The van der Waals surface area contributed by atoms with Crippen LogP contribution in [-0.2, 0) is 4.74 Å². The van der Waals surface area contributed by atoms with Crippen LogP contribution in [0, 0.1) is 5.41 Å². The minimum atomic E-state index is -0.324. The Bertz CT molecular complexity index is 139.